The number of hydrogen-bond donors (Lipinski definition) is 1. The minimum Gasteiger partial charge on any atom is -0.622 e. The van der Waals surface area contributed by atoms with Crippen LogP contribution in [0.15, 0.2) is 17.5 Å². The Labute approximate surface area is 103 Å². The van der Waals surface area contributed by atoms with Gasteiger partial charge in [-0.3, -0.25) is 4.79 Å². The van der Waals surface area contributed by atoms with E-state index in [4.69, 9.17) is 0 Å². The van der Waals surface area contributed by atoms with E-state index >= 15 is 0 Å². The number of carbonyl (C=O) groups is 1. The monoisotopic (exact) mass is 254 g/mol. The summed E-state index contributed by atoms with van der Waals surface area (Å²) in [4.78, 5) is 12.4. The van der Waals surface area contributed by atoms with E-state index in [1.807, 2.05) is 11.4 Å². The van der Waals surface area contributed by atoms with Crippen molar-refractivity contribution in [2.24, 2.45) is 0 Å². The molecule has 92 valence electrons. The van der Waals surface area contributed by atoms with Crippen LogP contribution in [-0.2, 0) is 4.79 Å². The zero-order chi connectivity index (χ0) is 12.8. The molecule has 0 radical (unpaired) electrons. The lowest BCUT2D eigenvalue weighted by Crippen LogP contribution is -2.53. The quantitative estimate of drug-likeness (QED) is 0.640. The van der Waals surface area contributed by atoms with Gasteiger partial charge in [0.2, 0.25) is 11.5 Å². The summed E-state index contributed by atoms with van der Waals surface area (Å²) in [5.41, 5.74) is -1.10. The number of hydrogen-bond acceptors (Lipinski definition) is 5. The molecule has 1 aliphatic heterocycles. The van der Waals surface area contributed by atoms with Gasteiger partial charge in [0.1, 0.15) is 6.04 Å². The molecule has 5 nitrogen and oxygen atoms in total. The lowest BCUT2D eigenvalue weighted by Gasteiger charge is -2.26. The molecule has 0 bridgehead atoms. The SMILES string of the molecule is CC(=O)[C@@]1(C)N(O)[C@H](C)C(c2cccs2)=[N+]1[O-]. The van der Waals surface area contributed by atoms with Gasteiger partial charge in [-0.25, -0.2) is 0 Å². The smallest absolute Gasteiger partial charge is 0.307 e. The van der Waals surface area contributed by atoms with Gasteiger partial charge in [-0.05, 0) is 18.4 Å². The first kappa shape index (κ1) is 12.2. The number of hydroxylamine groups is 3. The number of ketones is 1. The molecule has 6 heteroatoms. The van der Waals surface area contributed by atoms with Crippen LogP contribution in [0.2, 0.25) is 0 Å². The number of Topliss-reactive ketones (excluding diaryl/α,β-unsaturated/α-hetero) is 1. The maximum Gasteiger partial charge on any atom is 0.307 e. The lowest BCUT2D eigenvalue weighted by atomic mass is 10.1. The lowest BCUT2D eigenvalue weighted by molar-refractivity contribution is -0.564. The molecular formula is C11H14N2O3S. The average molecular weight is 254 g/mol. The highest BCUT2D eigenvalue weighted by Crippen LogP contribution is 2.29. The first-order valence-corrected chi connectivity index (χ1v) is 6.16. The van der Waals surface area contributed by atoms with Crippen molar-refractivity contribution in [1.82, 2.24) is 5.06 Å². The molecule has 2 atom stereocenters. The van der Waals surface area contributed by atoms with Gasteiger partial charge in [0.15, 0.2) is 0 Å². The fourth-order valence-electron chi connectivity index (χ4n) is 2.02. The summed E-state index contributed by atoms with van der Waals surface area (Å²) in [6.45, 7) is 4.44. The van der Waals surface area contributed by atoms with Gasteiger partial charge in [0.25, 0.3) is 0 Å². The molecule has 2 rings (SSSR count). The predicted molar refractivity (Wildman–Crippen MR) is 64.2 cm³/mol. The van der Waals surface area contributed by atoms with Crippen molar-refractivity contribution in [2.75, 3.05) is 0 Å². The first-order valence-electron chi connectivity index (χ1n) is 5.28. The Morgan fingerprint density at radius 1 is 1.71 bits per heavy atom. The molecule has 1 aliphatic rings. The average Bonchev–Trinajstić information content (AvgIpc) is 2.84. The third-order valence-corrected chi connectivity index (χ3v) is 4.16. The van der Waals surface area contributed by atoms with Crippen molar-refractivity contribution in [1.29, 1.82) is 0 Å². The molecular weight excluding hydrogens is 240 g/mol. The summed E-state index contributed by atoms with van der Waals surface area (Å²) in [6, 6.07) is 3.14. The molecule has 1 N–H and O–H groups in total. The molecule has 2 heterocycles. The fraction of sp³-hybridized carbons (Fsp3) is 0.455. The molecule has 0 aliphatic carbocycles. The molecule has 17 heavy (non-hydrogen) atoms. The van der Waals surface area contributed by atoms with E-state index in [9.17, 15) is 15.2 Å². The van der Waals surface area contributed by atoms with Crippen LogP contribution >= 0.6 is 11.3 Å². The highest BCUT2D eigenvalue weighted by atomic mass is 32.1. The summed E-state index contributed by atoms with van der Waals surface area (Å²) >= 11 is 1.41. The molecule has 0 saturated carbocycles. The second kappa shape index (κ2) is 3.90. The molecule has 0 saturated heterocycles. The van der Waals surface area contributed by atoms with Gasteiger partial charge in [-0.15, -0.1) is 16.4 Å². The van der Waals surface area contributed by atoms with E-state index in [-0.39, 0.29) is 5.78 Å². The van der Waals surface area contributed by atoms with Gasteiger partial charge in [0, 0.05) is 13.8 Å². The van der Waals surface area contributed by atoms with Gasteiger partial charge < -0.3 is 10.4 Å². The van der Waals surface area contributed by atoms with Gasteiger partial charge in [-0.1, -0.05) is 6.07 Å². The van der Waals surface area contributed by atoms with Crippen LogP contribution < -0.4 is 0 Å². The Bertz CT molecular complexity index is 483. The van der Waals surface area contributed by atoms with Gasteiger partial charge in [-0.2, -0.15) is 4.74 Å². The second-order valence-corrected chi connectivity index (χ2v) is 5.20. The summed E-state index contributed by atoms with van der Waals surface area (Å²) in [5, 5.41) is 24.9. The topological polar surface area (TPSA) is 66.6 Å². The zero-order valence-corrected chi connectivity index (χ0v) is 10.7. The zero-order valence-electron chi connectivity index (χ0n) is 9.88. The number of nitrogens with zero attached hydrogens (tertiary/aromatic N) is 2. The Hall–Kier alpha value is -1.24. The molecule has 0 unspecified atom stereocenters. The fourth-order valence-corrected chi connectivity index (χ4v) is 2.86. The van der Waals surface area contributed by atoms with Crippen LogP contribution in [-0.4, -0.2) is 38.2 Å². The molecule has 1 aromatic heterocycles. The van der Waals surface area contributed by atoms with Crippen LogP contribution in [0.1, 0.15) is 25.6 Å². The van der Waals surface area contributed by atoms with Crippen LogP contribution in [0.5, 0.6) is 0 Å². The van der Waals surface area contributed by atoms with Crippen LogP contribution in [0, 0.1) is 5.21 Å². The minimum atomic E-state index is -1.53. The van der Waals surface area contributed by atoms with Crippen molar-refractivity contribution in [3.05, 3.63) is 27.6 Å². The summed E-state index contributed by atoms with van der Waals surface area (Å²) in [7, 11) is 0. The molecule has 0 spiro atoms. The number of rotatable bonds is 2. The summed E-state index contributed by atoms with van der Waals surface area (Å²) in [6.07, 6.45) is 0. The highest BCUT2D eigenvalue weighted by molar-refractivity contribution is 7.12. The Morgan fingerprint density at radius 3 is 2.76 bits per heavy atom. The Balaban J connectivity index is 2.59. The van der Waals surface area contributed by atoms with E-state index in [2.05, 4.69) is 0 Å². The minimum absolute atomic E-state index is 0.381. The molecule has 0 aromatic carbocycles. The normalized spacial score (nSPS) is 30.0. The van der Waals surface area contributed by atoms with Crippen molar-refractivity contribution < 1.29 is 14.7 Å². The maximum absolute atomic E-state index is 12.3. The van der Waals surface area contributed by atoms with Crippen LogP contribution in [0.25, 0.3) is 0 Å². The maximum atomic E-state index is 12.3. The standard InChI is InChI=1S/C11H14N2O3S/c1-7-10(9-5-4-6-17-9)13(16)11(3,8(2)14)12(7)15/h4-7,15H,1-3H3/t7-,11+/m1/s1. The molecule has 0 fully saturated rings. The first-order chi connectivity index (χ1) is 7.90. The second-order valence-electron chi connectivity index (χ2n) is 4.25. The van der Waals surface area contributed by atoms with Gasteiger partial charge in [0.05, 0.1) is 4.88 Å². The van der Waals surface area contributed by atoms with E-state index in [1.54, 1.807) is 13.0 Å². The highest BCUT2D eigenvalue weighted by Gasteiger charge is 2.56. The van der Waals surface area contributed by atoms with E-state index < -0.39 is 11.7 Å². The van der Waals surface area contributed by atoms with Crippen LogP contribution in [0.4, 0.5) is 0 Å². The number of carbonyl (C=O) groups excluding carboxylic acids is 1. The third-order valence-electron chi connectivity index (χ3n) is 3.26. The Kier molecular flexibility index (Phi) is 2.81. The third kappa shape index (κ3) is 1.52. The Morgan fingerprint density at radius 2 is 2.35 bits per heavy atom. The van der Waals surface area contributed by atoms with Crippen molar-refractivity contribution in [3.63, 3.8) is 0 Å². The predicted octanol–water partition coefficient (Wildman–Crippen LogP) is 1.45. The van der Waals surface area contributed by atoms with Crippen molar-refractivity contribution in [3.8, 4) is 0 Å². The van der Waals surface area contributed by atoms with E-state index in [0.717, 1.165) is 9.94 Å². The molecule has 0 amide bonds. The van der Waals surface area contributed by atoms with Crippen molar-refractivity contribution in [2.45, 2.75) is 32.5 Å². The van der Waals surface area contributed by atoms with E-state index in [0.29, 0.717) is 10.5 Å². The van der Waals surface area contributed by atoms with Gasteiger partial charge >= 0.3 is 5.66 Å². The summed E-state index contributed by atoms with van der Waals surface area (Å²) < 4.78 is 0.617. The summed E-state index contributed by atoms with van der Waals surface area (Å²) in [5.74, 6) is -0.381. The largest absolute Gasteiger partial charge is 0.622 e. The molecule has 1 aromatic rings. The van der Waals surface area contributed by atoms with Crippen LogP contribution in [0.3, 0.4) is 0 Å². The van der Waals surface area contributed by atoms with Crippen molar-refractivity contribution >= 4 is 22.8 Å². The van der Waals surface area contributed by atoms with E-state index in [1.165, 1.54) is 25.2 Å². The number of thiophene rings is 1.